The molecule has 6 fully saturated rings. The second-order valence-corrected chi connectivity index (χ2v) is 36.0. The molecule has 0 amide bonds. The molecule has 26 nitrogen and oxygen atoms in total. The third-order valence-corrected chi connectivity index (χ3v) is 25.4. The first-order chi connectivity index (χ1) is 58.1. The van der Waals surface area contributed by atoms with E-state index in [1.807, 2.05) is 0 Å². The lowest BCUT2D eigenvalue weighted by Crippen LogP contribution is -2.68. The Balaban J connectivity index is 1.29. The van der Waals surface area contributed by atoms with Gasteiger partial charge in [-0.15, -0.1) is 0 Å². The van der Waals surface area contributed by atoms with Crippen LogP contribution in [-0.2, 0) is 85.5 Å². The van der Waals surface area contributed by atoms with Gasteiger partial charge in [-0.3, -0.25) is 19.2 Å². The van der Waals surface area contributed by atoms with Crippen molar-refractivity contribution in [1.29, 1.82) is 0 Å². The highest BCUT2D eigenvalue weighted by Crippen LogP contribution is 2.40. The number of hydrogen-bond donors (Lipinski definition) is 8. The second-order valence-electron chi connectivity index (χ2n) is 36.0. The Morgan fingerprint density at radius 2 is 0.708 bits per heavy atom. The number of aliphatic hydroxyl groups excluding tert-OH is 8. The van der Waals surface area contributed by atoms with Crippen LogP contribution in [-0.4, -0.2) is 231 Å². The molecule has 6 rings (SSSR count). The van der Waals surface area contributed by atoms with Crippen LogP contribution in [0.4, 0.5) is 0 Å². The molecule has 2 bridgehead atoms. The predicted octanol–water partition coefficient (Wildman–Crippen LogP) is 16.3. The Hall–Kier alpha value is -2.84. The van der Waals surface area contributed by atoms with Crippen molar-refractivity contribution in [2.24, 2.45) is 0 Å². The number of unbranched alkanes of at least 4 members (excludes halogenated alkanes) is 38. The zero-order chi connectivity index (χ0) is 86.8. The summed E-state index contributed by atoms with van der Waals surface area (Å²) in [6.45, 7) is 14.5. The van der Waals surface area contributed by atoms with Crippen molar-refractivity contribution >= 4 is 23.9 Å². The van der Waals surface area contributed by atoms with Crippen LogP contribution in [0.1, 0.15) is 409 Å². The van der Waals surface area contributed by atoms with E-state index in [1.54, 1.807) is 20.8 Å². The molecular weight excluding hydrogens is 1550 g/mol. The number of ether oxygens (including phenoxy) is 14. The average molecular weight is 1720 g/mol. The van der Waals surface area contributed by atoms with Gasteiger partial charge in [0.05, 0.1) is 30.5 Å². The molecular formula is C94H170O26. The van der Waals surface area contributed by atoms with E-state index in [0.29, 0.717) is 44.9 Å². The van der Waals surface area contributed by atoms with Crippen molar-refractivity contribution in [2.45, 2.75) is 568 Å². The van der Waals surface area contributed by atoms with Crippen molar-refractivity contribution in [2.75, 3.05) is 6.61 Å². The molecule has 0 aromatic heterocycles. The van der Waals surface area contributed by atoms with E-state index < -0.39 is 184 Å². The van der Waals surface area contributed by atoms with Gasteiger partial charge < -0.3 is 107 Å². The summed E-state index contributed by atoms with van der Waals surface area (Å²) in [6.07, 6.45) is 12.2. The van der Waals surface area contributed by atoms with E-state index in [0.717, 1.165) is 141 Å². The van der Waals surface area contributed by atoms with Gasteiger partial charge in [-0.2, -0.15) is 0 Å². The Morgan fingerprint density at radius 1 is 0.317 bits per heavy atom. The molecule has 6 heterocycles. The molecule has 8 N–H and O–H groups in total. The summed E-state index contributed by atoms with van der Waals surface area (Å²) in [5, 5.41) is 95.6. The molecule has 702 valence electrons. The van der Waals surface area contributed by atoms with Crippen LogP contribution < -0.4 is 0 Å². The van der Waals surface area contributed by atoms with Crippen LogP contribution >= 0.6 is 0 Å². The van der Waals surface area contributed by atoms with Crippen LogP contribution in [0.25, 0.3) is 0 Å². The molecule has 0 aromatic carbocycles. The van der Waals surface area contributed by atoms with Crippen LogP contribution in [0, 0.1) is 0 Å². The normalized spacial score (nSPS) is 33.1. The van der Waals surface area contributed by atoms with E-state index in [4.69, 9.17) is 66.3 Å². The van der Waals surface area contributed by atoms with E-state index in [9.17, 15) is 60.0 Å². The number of rotatable bonds is 56. The molecule has 0 radical (unpaired) electrons. The SMILES string of the molecule is CCCCCCCCCCCCCCCC(=O)OC[C@H]1O[C@@H](O[C@@H]2[C@@H](O[C@@H]3O[C@@H](C)[C@H](OC(=O)CCCCCCCCCCCCCCC)[C@@H](O)[C@H]3O)[C@@H](C)O[C@@H](O[C@@H]3[C@H]4OC(=O)CCCCCCCCC[C@H](CCCCC)O[C@@H]5O[C@H](C)[C@H](O)[C@H](O)[C@H]5O[C@H](O[C@H]3C)[C@@H]4O)[C@@H]2OC(=O)CCCCCCCCCCCCCCC)[C@H](O)[C@@H](O)[C@@H]1O. The van der Waals surface area contributed by atoms with Gasteiger partial charge in [-0.1, -0.05) is 317 Å². The van der Waals surface area contributed by atoms with Gasteiger partial charge >= 0.3 is 23.9 Å². The maximum atomic E-state index is 14.9. The molecule has 0 aromatic rings. The molecule has 0 aliphatic carbocycles. The molecule has 0 saturated carbocycles. The first kappa shape index (κ1) is 106. The van der Waals surface area contributed by atoms with E-state index in [1.165, 1.54) is 148 Å². The lowest BCUT2D eigenvalue weighted by molar-refractivity contribution is -0.400. The summed E-state index contributed by atoms with van der Waals surface area (Å²) >= 11 is 0. The molecule has 26 atom stereocenters. The Labute approximate surface area is 721 Å². The zero-order valence-electron chi connectivity index (χ0n) is 75.5. The van der Waals surface area contributed by atoms with Crippen molar-refractivity contribution in [3.8, 4) is 0 Å². The molecule has 0 unspecified atom stereocenters. The minimum atomic E-state index is -2.06. The third kappa shape index (κ3) is 39.0. The number of carbonyl (C=O) groups excluding carboxylic acids is 4. The summed E-state index contributed by atoms with van der Waals surface area (Å²) in [6, 6.07) is 0. The van der Waals surface area contributed by atoms with Crippen LogP contribution in [0.3, 0.4) is 0 Å². The quantitative estimate of drug-likeness (QED) is 0.0159. The highest BCUT2D eigenvalue weighted by atomic mass is 16.8. The Kier molecular flexibility index (Phi) is 55.1. The van der Waals surface area contributed by atoms with Gasteiger partial charge in [0.2, 0.25) is 0 Å². The van der Waals surface area contributed by atoms with Crippen LogP contribution in [0.5, 0.6) is 0 Å². The fraction of sp³-hybridized carbons (Fsp3) is 0.957. The van der Waals surface area contributed by atoms with Crippen molar-refractivity contribution in [3.63, 3.8) is 0 Å². The van der Waals surface area contributed by atoms with E-state index in [2.05, 4.69) is 27.7 Å². The van der Waals surface area contributed by atoms with Crippen LogP contribution in [0.15, 0.2) is 0 Å². The van der Waals surface area contributed by atoms with Gasteiger partial charge in [0, 0.05) is 25.7 Å². The molecule has 6 aliphatic rings. The van der Waals surface area contributed by atoms with Gasteiger partial charge in [0.25, 0.3) is 0 Å². The first-order valence-corrected chi connectivity index (χ1v) is 48.9. The Morgan fingerprint density at radius 3 is 1.22 bits per heavy atom. The first-order valence-electron chi connectivity index (χ1n) is 48.9. The molecule has 6 saturated heterocycles. The highest BCUT2D eigenvalue weighted by molar-refractivity contribution is 5.70. The molecule has 0 spiro atoms. The predicted molar refractivity (Wildman–Crippen MR) is 456 cm³/mol. The van der Waals surface area contributed by atoms with Crippen molar-refractivity contribution in [1.82, 2.24) is 0 Å². The standard InChI is InChI=1S/C94H170O26/c1-9-13-17-20-23-26-29-32-35-38-43-48-54-60-71(95)107-64-70-76(100)77(101)80(104)91(113-70)120-88-85(117-90-81(105)79(103)83(66(6)109-90)114-72(96)61-55-49-44-39-36-33-30-27-24-21-18-14-10-2)68(8)111-94(89(88)116-74(98)63-57-50-45-40-37-34-31-28-25-22-19-15-11-3)118-84-67(7)110-92-82(106)86(84)115-73(97)62-56-51-46-41-42-47-53-59-69(58-52-16-12-4)112-93-87(119-92)78(102)75(99)65(5)108-93/h65-70,75-94,99-106H,9-64H2,1-8H3/t65-,66+,67+,68-,69+,70-,75+,76-,77+,78+,79+,80-,81-,82-,83+,84+,85+,86+,87-,88-,89-,90+,91+,92+,93+,94+/m1/s1. The summed E-state index contributed by atoms with van der Waals surface area (Å²) in [5.74, 6) is -2.63. The largest absolute Gasteiger partial charge is 0.463 e. The smallest absolute Gasteiger partial charge is 0.306 e. The summed E-state index contributed by atoms with van der Waals surface area (Å²) < 4.78 is 90.5. The maximum Gasteiger partial charge on any atom is 0.306 e. The van der Waals surface area contributed by atoms with Gasteiger partial charge in [0.1, 0.15) is 86.0 Å². The van der Waals surface area contributed by atoms with Crippen molar-refractivity contribution < 1.29 is 126 Å². The maximum absolute atomic E-state index is 14.9. The highest BCUT2D eigenvalue weighted by Gasteiger charge is 2.59. The van der Waals surface area contributed by atoms with E-state index in [-0.39, 0.29) is 31.8 Å². The summed E-state index contributed by atoms with van der Waals surface area (Å²) in [7, 11) is 0. The van der Waals surface area contributed by atoms with Crippen molar-refractivity contribution in [3.05, 3.63) is 0 Å². The fourth-order valence-corrected chi connectivity index (χ4v) is 17.7. The lowest BCUT2D eigenvalue weighted by Gasteiger charge is -2.51. The number of hydrogen-bond acceptors (Lipinski definition) is 26. The minimum absolute atomic E-state index is 0.0499. The second kappa shape index (κ2) is 62.4. The third-order valence-electron chi connectivity index (χ3n) is 25.4. The van der Waals surface area contributed by atoms with Gasteiger partial charge in [-0.05, 0) is 66.2 Å². The summed E-state index contributed by atoms with van der Waals surface area (Å²) in [5.41, 5.74) is 0. The molecule has 26 heteroatoms. The minimum Gasteiger partial charge on any atom is -0.463 e. The Bertz CT molecular complexity index is 2630. The molecule has 120 heavy (non-hydrogen) atoms. The number of fused-ring (bicyclic) bond motifs is 3. The van der Waals surface area contributed by atoms with Crippen LogP contribution in [0.2, 0.25) is 0 Å². The monoisotopic (exact) mass is 1720 g/mol. The fourth-order valence-electron chi connectivity index (χ4n) is 17.7. The lowest BCUT2D eigenvalue weighted by atomic mass is 9.95. The van der Waals surface area contributed by atoms with E-state index >= 15 is 0 Å². The van der Waals surface area contributed by atoms with Gasteiger partial charge in [0.15, 0.2) is 49.8 Å². The molecule has 6 aliphatic heterocycles. The zero-order valence-corrected chi connectivity index (χ0v) is 75.5. The average Bonchev–Trinajstić information content (AvgIpc) is 0.765. The van der Waals surface area contributed by atoms with Gasteiger partial charge in [-0.25, -0.2) is 0 Å². The number of carbonyl (C=O) groups is 4. The summed E-state index contributed by atoms with van der Waals surface area (Å²) in [4.78, 5) is 56.2. The number of aliphatic hydroxyl groups is 8. The number of esters is 4. The topological polar surface area (TPSA) is 359 Å².